The average Bonchev–Trinajstić information content (AvgIpc) is 2.83. The summed E-state index contributed by atoms with van der Waals surface area (Å²) in [6, 6.07) is 16.6. The van der Waals surface area contributed by atoms with Crippen molar-refractivity contribution in [3.63, 3.8) is 0 Å². The Morgan fingerprint density at radius 1 is 0.914 bits per heavy atom. The first-order valence-corrected chi connectivity index (χ1v) is 11.7. The van der Waals surface area contributed by atoms with Crippen LogP contribution in [-0.4, -0.2) is 39.4 Å². The Hall–Kier alpha value is -3.57. The molecule has 0 aromatic heterocycles. The van der Waals surface area contributed by atoms with Crippen LogP contribution in [0, 0.1) is 0 Å². The topological polar surface area (TPSA) is 84.9 Å². The normalized spacial score (nSPS) is 11.8. The number of alkyl halides is 3. The van der Waals surface area contributed by atoms with E-state index in [4.69, 9.17) is 9.47 Å². The molecule has 0 aliphatic rings. The Bertz CT molecular complexity index is 1260. The van der Waals surface area contributed by atoms with Gasteiger partial charge in [-0.25, -0.2) is 8.42 Å². The maximum Gasteiger partial charge on any atom is 0.416 e. The molecule has 0 aliphatic heterocycles. The summed E-state index contributed by atoms with van der Waals surface area (Å²) in [5.74, 6) is -0.187. The average molecular weight is 509 g/mol. The van der Waals surface area contributed by atoms with Crippen LogP contribution in [0.1, 0.15) is 11.1 Å². The summed E-state index contributed by atoms with van der Waals surface area (Å²) in [5, 5.41) is 2.44. The summed E-state index contributed by atoms with van der Waals surface area (Å²) in [5.41, 5.74) is -0.123. The molecule has 0 unspecified atom stereocenters. The Morgan fingerprint density at radius 3 is 2.11 bits per heavy atom. The summed E-state index contributed by atoms with van der Waals surface area (Å²) in [6.07, 6.45) is -4.51. The number of carbonyl (C=O) groups is 1. The van der Waals surface area contributed by atoms with E-state index in [1.54, 1.807) is 30.3 Å². The van der Waals surface area contributed by atoms with Gasteiger partial charge in [-0.1, -0.05) is 30.3 Å². The number of sulfonamides is 1. The first-order valence-electron chi connectivity index (χ1n) is 10.3. The van der Waals surface area contributed by atoms with E-state index in [0.717, 1.165) is 28.6 Å². The Morgan fingerprint density at radius 2 is 1.54 bits per heavy atom. The van der Waals surface area contributed by atoms with Crippen LogP contribution in [-0.2, 0) is 27.5 Å². The van der Waals surface area contributed by atoms with Gasteiger partial charge in [0, 0.05) is 18.3 Å². The van der Waals surface area contributed by atoms with Crippen molar-refractivity contribution in [3.05, 3.63) is 83.9 Å². The van der Waals surface area contributed by atoms with E-state index in [-0.39, 0.29) is 22.9 Å². The highest BCUT2D eigenvalue weighted by atomic mass is 32.2. The van der Waals surface area contributed by atoms with Gasteiger partial charge in [0.05, 0.1) is 31.2 Å². The molecule has 0 spiro atoms. The minimum absolute atomic E-state index is 0.103. The second-order valence-electron chi connectivity index (χ2n) is 7.40. The van der Waals surface area contributed by atoms with Gasteiger partial charge in [-0.3, -0.25) is 4.79 Å². The van der Waals surface area contributed by atoms with Gasteiger partial charge in [0.1, 0.15) is 0 Å². The molecule has 3 rings (SSSR count). The summed E-state index contributed by atoms with van der Waals surface area (Å²) < 4.78 is 76.6. The highest BCUT2D eigenvalue weighted by molar-refractivity contribution is 7.89. The smallest absolute Gasteiger partial charge is 0.416 e. The molecule has 3 aromatic rings. The lowest BCUT2D eigenvalue weighted by Gasteiger charge is -2.22. The first kappa shape index (κ1) is 26.0. The zero-order valence-electron chi connectivity index (χ0n) is 18.9. The fraction of sp³-hybridized carbons (Fsp3) is 0.208. The third-order valence-electron chi connectivity index (χ3n) is 5.01. The van der Waals surface area contributed by atoms with Crippen molar-refractivity contribution in [1.82, 2.24) is 4.31 Å². The maximum atomic E-state index is 13.5. The van der Waals surface area contributed by atoms with Crippen molar-refractivity contribution in [3.8, 4) is 11.5 Å². The largest absolute Gasteiger partial charge is 0.493 e. The van der Waals surface area contributed by atoms with E-state index in [1.165, 1.54) is 32.4 Å². The van der Waals surface area contributed by atoms with E-state index in [0.29, 0.717) is 11.3 Å². The van der Waals surface area contributed by atoms with Crippen LogP contribution in [0.25, 0.3) is 0 Å². The van der Waals surface area contributed by atoms with Gasteiger partial charge >= 0.3 is 6.18 Å². The molecule has 0 radical (unpaired) electrons. The van der Waals surface area contributed by atoms with Crippen LogP contribution in [0.15, 0.2) is 77.7 Å². The summed E-state index contributed by atoms with van der Waals surface area (Å²) in [4.78, 5) is 12.6. The Kier molecular flexibility index (Phi) is 8.03. The molecule has 7 nitrogen and oxygen atoms in total. The van der Waals surface area contributed by atoms with Crippen molar-refractivity contribution in [1.29, 1.82) is 0 Å². The number of nitrogens with zero attached hydrogens (tertiary/aromatic N) is 1. The predicted octanol–water partition coefficient (Wildman–Crippen LogP) is 4.55. The number of ether oxygens (including phenoxy) is 2. The molecule has 0 fully saturated rings. The molecule has 186 valence electrons. The van der Waals surface area contributed by atoms with Crippen LogP contribution in [0.4, 0.5) is 18.9 Å². The fourth-order valence-corrected chi connectivity index (χ4v) is 4.64. The number of benzene rings is 3. The van der Waals surface area contributed by atoms with Crippen LogP contribution in [0.2, 0.25) is 0 Å². The number of anilines is 1. The molecule has 0 saturated carbocycles. The van der Waals surface area contributed by atoms with Crippen LogP contribution < -0.4 is 14.8 Å². The second-order valence-corrected chi connectivity index (χ2v) is 9.34. The van der Waals surface area contributed by atoms with Gasteiger partial charge in [0.25, 0.3) is 0 Å². The molecule has 35 heavy (non-hydrogen) atoms. The van der Waals surface area contributed by atoms with Crippen molar-refractivity contribution in [2.24, 2.45) is 0 Å². The van der Waals surface area contributed by atoms with Crippen LogP contribution in [0.5, 0.6) is 11.5 Å². The molecule has 0 aliphatic carbocycles. The van der Waals surface area contributed by atoms with E-state index in [2.05, 4.69) is 5.32 Å². The lowest BCUT2D eigenvalue weighted by molar-refractivity contribution is -0.137. The summed E-state index contributed by atoms with van der Waals surface area (Å²) in [6.45, 7) is -0.690. The van der Waals surface area contributed by atoms with E-state index in [9.17, 15) is 26.4 Å². The highest BCUT2D eigenvalue weighted by Crippen LogP contribution is 2.32. The molecular formula is C24H23F3N2O5S. The number of carbonyl (C=O) groups excluding carboxylic acids is 1. The molecule has 0 atom stereocenters. The molecule has 11 heteroatoms. The van der Waals surface area contributed by atoms with Gasteiger partial charge in [-0.15, -0.1) is 0 Å². The van der Waals surface area contributed by atoms with Crippen LogP contribution in [0.3, 0.4) is 0 Å². The minimum atomic E-state index is -4.51. The van der Waals surface area contributed by atoms with E-state index < -0.39 is 34.2 Å². The second kappa shape index (κ2) is 10.8. The lowest BCUT2D eigenvalue weighted by atomic mass is 10.2. The lowest BCUT2D eigenvalue weighted by Crippen LogP contribution is -2.37. The highest BCUT2D eigenvalue weighted by Gasteiger charge is 2.30. The molecule has 1 amide bonds. The van der Waals surface area contributed by atoms with Crippen molar-refractivity contribution in [2.75, 3.05) is 26.1 Å². The van der Waals surface area contributed by atoms with Gasteiger partial charge in [-0.05, 0) is 42.0 Å². The number of methoxy groups -OCH3 is 2. The van der Waals surface area contributed by atoms with Gasteiger partial charge in [0.15, 0.2) is 11.5 Å². The van der Waals surface area contributed by atoms with Gasteiger partial charge in [-0.2, -0.15) is 17.5 Å². The third-order valence-corrected chi connectivity index (χ3v) is 6.80. The van der Waals surface area contributed by atoms with Gasteiger partial charge < -0.3 is 14.8 Å². The van der Waals surface area contributed by atoms with Crippen molar-refractivity contribution < 1.29 is 35.9 Å². The zero-order valence-corrected chi connectivity index (χ0v) is 19.7. The predicted molar refractivity (Wildman–Crippen MR) is 124 cm³/mol. The molecular weight excluding hydrogens is 485 g/mol. The SMILES string of the molecule is COc1ccc(S(=O)(=O)N(CC(=O)Nc2ccc(C(F)(F)F)cc2)Cc2ccccc2)cc1OC. The number of halogens is 3. The number of rotatable bonds is 9. The number of hydrogen-bond acceptors (Lipinski definition) is 5. The standard InChI is InChI=1S/C24H23F3N2O5S/c1-33-21-13-12-20(14-22(21)34-2)35(31,32)29(15-17-6-4-3-5-7-17)16-23(30)28-19-10-8-18(9-11-19)24(25,26)27/h3-14H,15-16H2,1-2H3,(H,28,30). The Labute approximate surface area is 201 Å². The Balaban J connectivity index is 1.87. The van der Waals surface area contributed by atoms with Crippen molar-refractivity contribution in [2.45, 2.75) is 17.6 Å². The third kappa shape index (κ3) is 6.52. The fourth-order valence-electron chi connectivity index (χ4n) is 3.24. The van der Waals surface area contributed by atoms with Crippen LogP contribution >= 0.6 is 0 Å². The first-order chi connectivity index (χ1) is 16.5. The minimum Gasteiger partial charge on any atom is -0.493 e. The molecule has 0 heterocycles. The molecule has 0 saturated heterocycles. The molecule has 0 bridgehead atoms. The summed E-state index contributed by atoms with van der Waals surface area (Å²) in [7, 11) is -1.40. The van der Waals surface area contributed by atoms with Crippen molar-refractivity contribution >= 4 is 21.6 Å². The quantitative estimate of drug-likeness (QED) is 0.458. The van der Waals surface area contributed by atoms with E-state index >= 15 is 0 Å². The zero-order chi connectivity index (χ0) is 25.6. The number of amides is 1. The van der Waals surface area contributed by atoms with Gasteiger partial charge in [0.2, 0.25) is 15.9 Å². The summed E-state index contributed by atoms with van der Waals surface area (Å²) >= 11 is 0. The number of nitrogens with one attached hydrogen (secondary N) is 1. The monoisotopic (exact) mass is 508 g/mol. The maximum absolute atomic E-state index is 13.5. The number of hydrogen-bond donors (Lipinski definition) is 1. The van der Waals surface area contributed by atoms with E-state index in [1.807, 2.05) is 0 Å². The molecule has 1 N–H and O–H groups in total. The molecule has 3 aromatic carbocycles.